The number of nitrogens with one attached hydrogen (secondary N) is 1. The Bertz CT molecular complexity index is 484. The fourth-order valence-electron chi connectivity index (χ4n) is 2.74. The first-order chi connectivity index (χ1) is 11.1. The van der Waals surface area contributed by atoms with E-state index in [1.807, 2.05) is 24.3 Å². The lowest BCUT2D eigenvalue weighted by Crippen LogP contribution is -2.40. The fraction of sp³-hybridized carbons (Fsp3) is 0.611. The van der Waals surface area contributed by atoms with E-state index in [0.29, 0.717) is 5.92 Å². The fourth-order valence-corrected chi connectivity index (χ4v) is 2.74. The molecular formula is C18H28N2O3. The maximum atomic E-state index is 12.0. The van der Waals surface area contributed by atoms with Crippen LogP contribution < -0.4 is 10.1 Å². The molecule has 1 aromatic rings. The largest absolute Gasteiger partial charge is 0.493 e. The summed E-state index contributed by atoms with van der Waals surface area (Å²) < 4.78 is 5.85. The average molecular weight is 320 g/mol. The van der Waals surface area contributed by atoms with Crippen LogP contribution in [0, 0.1) is 5.92 Å². The minimum atomic E-state index is -0.234. The summed E-state index contributed by atoms with van der Waals surface area (Å²) >= 11 is 0. The lowest BCUT2D eigenvalue weighted by atomic mass is 9.90. The Labute approximate surface area is 138 Å². The molecule has 2 N–H and O–H groups in total. The zero-order chi connectivity index (χ0) is 16.7. The number of carbonyl (C=O) groups is 1. The van der Waals surface area contributed by atoms with Crippen LogP contribution in [-0.4, -0.2) is 42.3 Å². The summed E-state index contributed by atoms with van der Waals surface area (Å²) in [6.45, 7) is 2.52. The molecule has 128 valence electrons. The molecule has 1 fully saturated rings. The van der Waals surface area contributed by atoms with Gasteiger partial charge in [0.05, 0.1) is 19.3 Å². The van der Waals surface area contributed by atoms with Crippen LogP contribution in [0.4, 0.5) is 10.5 Å². The highest BCUT2D eigenvalue weighted by Crippen LogP contribution is 2.25. The van der Waals surface area contributed by atoms with Gasteiger partial charge in [0.15, 0.2) is 0 Å². The van der Waals surface area contributed by atoms with Crippen molar-refractivity contribution in [1.29, 1.82) is 0 Å². The van der Waals surface area contributed by atoms with Crippen LogP contribution in [0.2, 0.25) is 0 Å². The van der Waals surface area contributed by atoms with Crippen LogP contribution in [0.3, 0.4) is 0 Å². The predicted molar refractivity (Wildman–Crippen MR) is 91.8 cm³/mol. The number of ether oxygens (including phenoxy) is 1. The molecule has 0 bridgehead atoms. The van der Waals surface area contributed by atoms with Gasteiger partial charge < -0.3 is 20.1 Å². The first kappa shape index (κ1) is 17.6. The van der Waals surface area contributed by atoms with Gasteiger partial charge >= 0.3 is 6.03 Å². The van der Waals surface area contributed by atoms with E-state index in [4.69, 9.17) is 9.84 Å². The lowest BCUT2D eigenvalue weighted by Gasteiger charge is -2.23. The van der Waals surface area contributed by atoms with E-state index in [-0.39, 0.29) is 18.7 Å². The maximum Gasteiger partial charge on any atom is 0.321 e. The number of rotatable bonds is 6. The Morgan fingerprint density at radius 2 is 1.96 bits per heavy atom. The highest BCUT2D eigenvalue weighted by Gasteiger charge is 2.15. The first-order valence-electron chi connectivity index (χ1n) is 8.47. The number of aliphatic hydroxyl groups excluding tert-OH is 1. The monoisotopic (exact) mass is 320 g/mol. The van der Waals surface area contributed by atoms with Gasteiger partial charge in [0.25, 0.3) is 0 Å². The van der Waals surface area contributed by atoms with Gasteiger partial charge in [-0.1, -0.05) is 19.3 Å². The van der Waals surface area contributed by atoms with Crippen LogP contribution in [0.1, 0.15) is 39.0 Å². The lowest BCUT2D eigenvalue weighted by molar-refractivity contribution is 0.166. The molecule has 0 aromatic heterocycles. The Kier molecular flexibility index (Phi) is 6.71. The molecule has 0 aliphatic heterocycles. The van der Waals surface area contributed by atoms with Crippen molar-refractivity contribution in [2.45, 2.75) is 45.1 Å². The second-order valence-electron chi connectivity index (χ2n) is 6.41. The summed E-state index contributed by atoms with van der Waals surface area (Å²) in [5.74, 6) is 1.52. The number of nitrogens with zero attached hydrogens (tertiary/aromatic N) is 1. The third kappa shape index (κ3) is 5.43. The van der Waals surface area contributed by atoms with Crippen molar-refractivity contribution in [3.63, 3.8) is 0 Å². The second kappa shape index (κ2) is 8.77. The number of hydrogen-bond donors (Lipinski definition) is 2. The predicted octanol–water partition coefficient (Wildman–Crippen LogP) is 3.49. The standard InChI is InChI=1S/C18H28N2O3/c1-14(12-21)20(2)18(22)19-16-8-10-17(11-9-16)23-13-15-6-4-3-5-7-15/h8-11,14-15,21H,3-7,12-13H2,1-2H3,(H,19,22). The van der Waals surface area contributed by atoms with Crippen LogP contribution >= 0.6 is 0 Å². The number of urea groups is 1. The molecule has 2 rings (SSSR count). The molecule has 0 heterocycles. The molecule has 1 aliphatic rings. The van der Waals surface area contributed by atoms with E-state index in [1.54, 1.807) is 14.0 Å². The maximum absolute atomic E-state index is 12.0. The Morgan fingerprint density at radius 3 is 2.57 bits per heavy atom. The zero-order valence-electron chi connectivity index (χ0n) is 14.1. The molecule has 0 saturated heterocycles. The Balaban J connectivity index is 1.80. The van der Waals surface area contributed by atoms with Crippen molar-refractivity contribution in [3.8, 4) is 5.75 Å². The van der Waals surface area contributed by atoms with Crippen LogP contribution in [0.5, 0.6) is 5.75 Å². The van der Waals surface area contributed by atoms with E-state index in [0.717, 1.165) is 18.0 Å². The molecule has 0 radical (unpaired) electrons. The summed E-state index contributed by atoms with van der Waals surface area (Å²) in [5, 5.41) is 11.9. The molecule has 2 amide bonds. The number of likely N-dealkylation sites (N-methyl/N-ethyl adjacent to an activating group) is 1. The Hall–Kier alpha value is -1.75. The van der Waals surface area contributed by atoms with Gasteiger partial charge in [0.2, 0.25) is 0 Å². The highest BCUT2D eigenvalue weighted by molar-refractivity contribution is 5.89. The summed E-state index contributed by atoms with van der Waals surface area (Å²) in [4.78, 5) is 13.5. The zero-order valence-corrected chi connectivity index (χ0v) is 14.1. The second-order valence-corrected chi connectivity index (χ2v) is 6.41. The van der Waals surface area contributed by atoms with Gasteiger partial charge in [-0.05, 0) is 49.9 Å². The number of benzene rings is 1. The molecule has 1 aliphatic carbocycles. The topological polar surface area (TPSA) is 61.8 Å². The number of hydrogen-bond acceptors (Lipinski definition) is 3. The van der Waals surface area contributed by atoms with E-state index in [2.05, 4.69) is 5.32 Å². The minimum absolute atomic E-state index is 0.0577. The Morgan fingerprint density at radius 1 is 1.30 bits per heavy atom. The molecule has 1 unspecified atom stereocenters. The van der Waals surface area contributed by atoms with Gasteiger partial charge in [0.1, 0.15) is 5.75 Å². The van der Waals surface area contributed by atoms with Crippen molar-refractivity contribution in [2.24, 2.45) is 5.92 Å². The van der Waals surface area contributed by atoms with Gasteiger partial charge in [-0.25, -0.2) is 4.79 Å². The van der Waals surface area contributed by atoms with Crippen molar-refractivity contribution in [3.05, 3.63) is 24.3 Å². The normalized spacial score (nSPS) is 16.7. The van der Waals surface area contributed by atoms with E-state index in [9.17, 15) is 4.79 Å². The molecule has 1 atom stereocenters. The SMILES string of the molecule is CC(CO)N(C)C(=O)Nc1ccc(OCC2CCCCC2)cc1. The molecule has 23 heavy (non-hydrogen) atoms. The average Bonchev–Trinajstić information content (AvgIpc) is 2.60. The van der Waals surface area contributed by atoms with Crippen LogP contribution in [0.25, 0.3) is 0 Å². The summed E-state index contributed by atoms with van der Waals surface area (Å²) in [5.41, 5.74) is 0.719. The van der Waals surface area contributed by atoms with E-state index in [1.165, 1.54) is 37.0 Å². The minimum Gasteiger partial charge on any atom is -0.493 e. The molecule has 1 saturated carbocycles. The van der Waals surface area contributed by atoms with Crippen LogP contribution in [-0.2, 0) is 0 Å². The van der Waals surface area contributed by atoms with E-state index >= 15 is 0 Å². The van der Waals surface area contributed by atoms with E-state index < -0.39 is 0 Å². The van der Waals surface area contributed by atoms with Gasteiger partial charge in [0, 0.05) is 12.7 Å². The quantitative estimate of drug-likeness (QED) is 0.843. The number of carbonyl (C=O) groups excluding carboxylic acids is 1. The molecule has 5 heteroatoms. The smallest absolute Gasteiger partial charge is 0.321 e. The molecule has 1 aromatic carbocycles. The summed E-state index contributed by atoms with van der Waals surface area (Å²) in [6.07, 6.45) is 6.53. The molecule has 5 nitrogen and oxygen atoms in total. The highest BCUT2D eigenvalue weighted by atomic mass is 16.5. The van der Waals surface area contributed by atoms with Crippen LogP contribution in [0.15, 0.2) is 24.3 Å². The van der Waals surface area contributed by atoms with Gasteiger partial charge in [-0.15, -0.1) is 0 Å². The summed E-state index contributed by atoms with van der Waals surface area (Å²) in [6, 6.07) is 6.99. The number of amides is 2. The third-order valence-electron chi connectivity index (χ3n) is 4.56. The first-order valence-corrected chi connectivity index (χ1v) is 8.47. The number of anilines is 1. The number of aliphatic hydroxyl groups is 1. The van der Waals surface area contributed by atoms with Crippen molar-refractivity contribution >= 4 is 11.7 Å². The van der Waals surface area contributed by atoms with Gasteiger partial charge in [-0.2, -0.15) is 0 Å². The summed E-state index contributed by atoms with van der Waals surface area (Å²) in [7, 11) is 1.66. The molecular weight excluding hydrogens is 292 g/mol. The van der Waals surface area contributed by atoms with Crippen molar-refractivity contribution in [2.75, 3.05) is 25.6 Å². The van der Waals surface area contributed by atoms with Gasteiger partial charge in [-0.3, -0.25) is 0 Å². The van der Waals surface area contributed by atoms with Crippen molar-refractivity contribution < 1.29 is 14.6 Å². The van der Waals surface area contributed by atoms with Crippen molar-refractivity contribution in [1.82, 2.24) is 4.90 Å². The third-order valence-corrected chi connectivity index (χ3v) is 4.56. The molecule has 0 spiro atoms.